The molecule has 4 rings (SSSR count). The zero-order valence-corrected chi connectivity index (χ0v) is 17.6. The molecule has 0 spiro atoms. The zero-order valence-electron chi connectivity index (χ0n) is 17.6. The molecule has 166 valence electrons. The number of hydrogen-bond acceptors (Lipinski definition) is 4. The topological polar surface area (TPSA) is 91.0 Å². The monoisotopic (exact) mass is 431 g/mol. The maximum Gasteiger partial charge on any atom is 0.243 e. The second kappa shape index (κ2) is 8.72. The SMILES string of the molecule is CC(C)c1ccc([C@@H](NC(=O)[C@@H]2C[C@@H](F)CN2C(=O)Cc2cn[nH]n2)C2CC2)cc1F. The van der Waals surface area contributed by atoms with E-state index in [4.69, 9.17) is 0 Å². The first-order chi connectivity index (χ1) is 14.8. The number of rotatable bonds is 7. The normalized spacial score (nSPS) is 22.0. The van der Waals surface area contributed by atoms with Crippen LogP contribution in [0.4, 0.5) is 8.78 Å². The average molecular weight is 431 g/mol. The lowest BCUT2D eigenvalue weighted by molar-refractivity contribution is -0.138. The Morgan fingerprint density at radius 3 is 2.71 bits per heavy atom. The minimum absolute atomic E-state index is 0.0472. The first kappa shape index (κ1) is 21.4. The van der Waals surface area contributed by atoms with Crippen LogP contribution in [0.3, 0.4) is 0 Å². The number of aromatic amines is 1. The van der Waals surface area contributed by atoms with E-state index in [2.05, 4.69) is 20.7 Å². The van der Waals surface area contributed by atoms with E-state index >= 15 is 0 Å². The number of nitrogens with zero attached hydrogens (tertiary/aromatic N) is 3. The number of H-pyrrole nitrogens is 1. The van der Waals surface area contributed by atoms with Crippen LogP contribution < -0.4 is 5.32 Å². The molecule has 1 aromatic carbocycles. The number of likely N-dealkylation sites (tertiary alicyclic amines) is 1. The fourth-order valence-corrected chi connectivity index (χ4v) is 4.23. The number of carbonyl (C=O) groups excluding carboxylic acids is 2. The van der Waals surface area contributed by atoms with E-state index < -0.39 is 18.1 Å². The molecule has 2 heterocycles. The van der Waals surface area contributed by atoms with Crippen molar-refractivity contribution in [1.29, 1.82) is 0 Å². The third-order valence-electron chi connectivity index (χ3n) is 6.07. The van der Waals surface area contributed by atoms with E-state index in [-0.39, 0.29) is 49.0 Å². The summed E-state index contributed by atoms with van der Waals surface area (Å²) in [6.45, 7) is 3.73. The number of hydrogen-bond donors (Lipinski definition) is 2. The minimum Gasteiger partial charge on any atom is -0.347 e. The molecule has 0 bridgehead atoms. The summed E-state index contributed by atoms with van der Waals surface area (Å²) < 4.78 is 28.7. The summed E-state index contributed by atoms with van der Waals surface area (Å²) in [4.78, 5) is 27.0. The molecule has 2 aliphatic rings. The number of carbonyl (C=O) groups is 2. The molecule has 2 aromatic rings. The van der Waals surface area contributed by atoms with Gasteiger partial charge in [-0.25, -0.2) is 8.78 Å². The first-order valence-corrected chi connectivity index (χ1v) is 10.7. The van der Waals surface area contributed by atoms with Crippen molar-refractivity contribution in [3.05, 3.63) is 47.0 Å². The van der Waals surface area contributed by atoms with Crippen LogP contribution in [-0.4, -0.2) is 50.9 Å². The molecule has 9 heteroatoms. The van der Waals surface area contributed by atoms with E-state index in [1.54, 1.807) is 6.07 Å². The Bertz CT molecular complexity index is 945. The molecule has 1 aliphatic carbocycles. The summed E-state index contributed by atoms with van der Waals surface area (Å²) in [6, 6.07) is 3.85. The lowest BCUT2D eigenvalue weighted by atomic mass is 9.96. The summed E-state index contributed by atoms with van der Waals surface area (Å²) in [5.74, 6) is -0.785. The summed E-state index contributed by atoms with van der Waals surface area (Å²) in [5, 5.41) is 12.9. The molecule has 0 unspecified atom stereocenters. The van der Waals surface area contributed by atoms with Crippen molar-refractivity contribution in [2.45, 2.75) is 63.7 Å². The zero-order chi connectivity index (χ0) is 22.1. The lowest BCUT2D eigenvalue weighted by Crippen LogP contribution is -2.47. The van der Waals surface area contributed by atoms with Gasteiger partial charge in [-0.2, -0.15) is 15.4 Å². The summed E-state index contributed by atoms with van der Waals surface area (Å²) >= 11 is 0. The van der Waals surface area contributed by atoms with E-state index in [1.165, 1.54) is 17.2 Å². The number of alkyl halides is 1. The van der Waals surface area contributed by atoms with Crippen LogP contribution in [-0.2, 0) is 16.0 Å². The van der Waals surface area contributed by atoms with Gasteiger partial charge in [0.25, 0.3) is 0 Å². The van der Waals surface area contributed by atoms with Gasteiger partial charge in [0.05, 0.1) is 30.9 Å². The van der Waals surface area contributed by atoms with Gasteiger partial charge in [-0.1, -0.05) is 26.0 Å². The second-order valence-corrected chi connectivity index (χ2v) is 8.79. The average Bonchev–Trinajstić information content (AvgIpc) is 3.28. The predicted molar refractivity (Wildman–Crippen MR) is 109 cm³/mol. The second-order valence-electron chi connectivity index (χ2n) is 8.79. The summed E-state index contributed by atoms with van der Waals surface area (Å²) in [6.07, 6.45) is 1.93. The maximum absolute atomic E-state index is 14.6. The maximum atomic E-state index is 14.6. The van der Waals surface area contributed by atoms with Crippen molar-refractivity contribution < 1.29 is 18.4 Å². The summed E-state index contributed by atoms with van der Waals surface area (Å²) in [5.41, 5.74) is 1.77. The first-order valence-electron chi connectivity index (χ1n) is 10.7. The summed E-state index contributed by atoms with van der Waals surface area (Å²) in [7, 11) is 0. The van der Waals surface area contributed by atoms with Crippen LogP contribution in [0.25, 0.3) is 0 Å². The number of nitrogens with one attached hydrogen (secondary N) is 2. The van der Waals surface area contributed by atoms with E-state index in [9.17, 15) is 18.4 Å². The van der Waals surface area contributed by atoms with Crippen LogP contribution in [0, 0.1) is 11.7 Å². The highest BCUT2D eigenvalue weighted by molar-refractivity contribution is 5.89. The Morgan fingerprint density at radius 1 is 1.32 bits per heavy atom. The van der Waals surface area contributed by atoms with Crippen molar-refractivity contribution in [2.75, 3.05) is 6.54 Å². The molecule has 1 aromatic heterocycles. The van der Waals surface area contributed by atoms with Crippen LogP contribution in [0.2, 0.25) is 0 Å². The molecule has 3 atom stereocenters. The highest BCUT2D eigenvalue weighted by Gasteiger charge is 2.42. The fourth-order valence-electron chi connectivity index (χ4n) is 4.23. The van der Waals surface area contributed by atoms with Crippen molar-refractivity contribution >= 4 is 11.8 Å². The largest absolute Gasteiger partial charge is 0.347 e. The molecule has 1 saturated heterocycles. The van der Waals surface area contributed by atoms with Crippen LogP contribution in [0.1, 0.15) is 61.9 Å². The Morgan fingerprint density at radius 2 is 2.10 bits per heavy atom. The van der Waals surface area contributed by atoms with Gasteiger partial charge >= 0.3 is 0 Å². The van der Waals surface area contributed by atoms with E-state index in [0.29, 0.717) is 16.8 Å². The molecule has 7 nitrogen and oxygen atoms in total. The predicted octanol–water partition coefficient (Wildman–Crippen LogP) is 2.82. The third-order valence-corrected chi connectivity index (χ3v) is 6.07. The van der Waals surface area contributed by atoms with Gasteiger partial charge in [-0.3, -0.25) is 9.59 Å². The molecule has 2 N–H and O–H groups in total. The Kier molecular flexibility index (Phi) is 6.02. The van der Waals surface area contributed by atoms with Gasteiger partial charge in [0.15, 0.2) is 0 Å². The Labute approximate surface area is 179 Å². The van der Waals surface area contributed by atoms with Crippen molar-refractivity contribution in [3.8, 4) is 0 Å². The highest BCUT2D eigenvalue weighted by Crippen LogP contribution is 2.42. The molecular formula is C22H27F2N5O2. The van der Waals surface area contributed by atoms with Crippen molar-refractivity contribution in [3.63, 3.8) is 0 Å². The number of halogens is 2. The van der Waals surface area contributed by atoms with Gasteiger partial charge in [-0.05, 0) is 41.9 Å². The highest BCUT2D eigenvalue weighted by atomic mass is 19.1. The van der Waals surface area contributed by atoms with E-state index in [1.807, 2.05) is 19.9 Å². The fraction of sp³-hybridized carbons (Fsp3) is 0.545. The van der Waals surface area contributed by atoms with Crippen molar-refractivity contribution in [2.24, 2.45) is 5.92 Å². The smallest absolute Gasteiger partial charge is 0.243 e. The molecule has 2 amide bonds. The van der Waals surface area contributed by atoms with Crippen LogP contribution in [0.5, 0.6) is 0 Å². The molecule has 31 heavy (non-hydrogen) atoms. The lowest BCUT2D eigenvalue weighted by Gasteiger charge is -2.27. The molecule has 2 fully saturated rings. The Hall–Kier alpha value is -2.84. The van der Waals surface area contributed by atoms with Crippen LogP contribution in [0.15, 0.2) is 24.4 Å². The van der Waals surface area contributed by atoms with Gasteiger partial charge in [0, 0.05) is 6.42 Å². The van der Waals surface area contributed by atoms with Gasteiger partial charge < -0.3 is 10.2 Å². The van der Waals surface area contributed by atoms with Gasteiger partial charge in [-0.15, -0.1) is 0 Å². The molecule has 1 aliphatic heterocycles. The molecular weight excluding hydrogens is 404 g/mol. The van der Waals surface area contributed by atoms with Crippen molar-refractivity contribution in [1.82, 2.24) is 25.6 Å². The molecule has 1 saturated carbocycles. The molecule has 0 radical (unpaired) electrons. The van der Waals surface area contributed by atoms with Gasteiger partial charge in [0.2, 0.25) is 11.8 Å². The van der Waals surface area contributed by atoms with Crippen LogP contribution >= 0.6 is 0 Å². The number of benzene rings is 1. The standard InChI is InChI=1S/C22H27F2N5O2/c1-12(2)17-6-5-14(7-18(17)24)21(13-3-4-13)26-22(31)19-8-15(23)11-29(19)20(30)9-16-10-25-28-27-16/h5-7,10,12-13,15,19,21H,3-4,8-9,11H2,1-2H3,(H,26,31)(H,25,27,28)/t15-,19+,21+/m1/s1. The van der Waals surface area contributed by atoms with Gasteiger partial charge in [0.1, 0.15) is 18.0 Å². The van der Waals surface area contributed by atoms with E-state index in [0.717, 1.165) is 12.8 Å². The number of aromatic nitrogens is 3. The minimum atomic E-state index is -1.26. The Balaban J connectivity index is 1.49. The number of amides is 2. The third kappa shape index (κ3) is 4.75. The quantitative estimate of drug-likeness (QED) is 0.705.